The highest BCUT2D eigenvalue weighted by Gasteiger charge is 2.45. The first-order valence-corrected chi connectivity index (χ1v) is 21.3. The van der Waals surface area contributed by atoms with Gasteiger partial charge in [0.15, 0.2) is 0 Å². The lowest BCUT2D eigenvalue weighted by molar-refractivity contribution is 0.660. The van der Waals surface area contributed by atoms with Crippen LogP contribution in [0.15, 0.2) is 212 Å². The summed E-state index contributed by atoms with van der Waals surface area (Å²) in [7, 11) is 0. The minimum absolute atomic E-state index is 0.0535. The molecule has 2 bridgehead atoms. The van der Waals surface area contributed by atoms with E-state index in [4.69, 9.17) is 0 Å². The van der Waals surface area contributed by atoms with E-state index in [1.165, 1.54) is 94.7 Å². The highest BCUT2D eigenvalue weighted by Crippen LogP contribution is 2.62. The molecule has 284 valence electrons. The number of para-hydroxylation sites is 2. The molecule has 60 heavy (non-hydrogen) atoms. The summed E-state index contributed by atoms with van der Waals surface area (Å²) in [6, 6.07) is 79.3. The van der Waals surface area contributed by atoms with Crippen molar-refractivity contribution >= 4 is 17.1 Å². The predicted molar refractivity (Wildman–Crippen MR) is 250 cm³/mol. The molecule has 0 heterocycles. The van der Waals surface area contributed by atoms with Crippen molar-refractivity contribution in [3.63, 3.8) is 0 Å². The lowest BCUT2D eigenvalue weighted by Gasteiger charge is -2.45. The summed E-state index contributed by atoms with van der Waals surface area (Å²) >= 11 is 0. The zero-order valence-corrected chi connectivity index (χ0v) is 33.8. The van der Waals surface area contributed by atoms with Crippen molar-refractivity contribution in [3.05, 3.63) is 257 Å². The maximum atomic E-state index is 2.58. The van der Waals surface area contributed by atoms with Gasteiger partial charge in [0.1, 0.15) is 0 Å². The first kappa shape index (κ1) is 34.8. The number of nitrogens with zero attached hydrogens (tertiary/aromatic N) is 1. The van der Waals surface area contributed by atoms with E-state index in [1.54, 1.807) is 0 Å². The third-order valence-corrected chi connectivity index (χ3v) is 13.7. The molecular weight excluding hydrogens is 723 g/mol. The van der Waals surface area contributed by atoms with Crippen LogP contribution in [0.25, 0.3) is 44.5 Å². The number of rotatable bonds is 6. The number of hydrogen-bond donors (Lipinski definition) is 0. The molecule has 13 rings (SSSR count). The standard InChI is InChI=1S/C59H43N/c1-59(2)50-30-16-13-25-44(50)45-34-33-40(37-51(45)59)43-35-36-54(58-56-48-28-11-9-26-46(48)55(57(43)58)47-27-10-12-29-49(47)56)60(52-31-17-14-23-41(52)38-19-5-3-6-20-38)53-32-18-15-24-42(53)39-21-7-4-8-22-39/h3-37,55-56H,1-2H3. The summed E-state index contributed by atoms with van der Waals surface area (Å²) in [6.07, 6.45) is 0. The van der Waals surface area contributed by atoms with E-state index in [9.17, 15) is 0 Å². The second-order valence-electron chi connectivity index (χ2n) is 17.1. The molecule has 0 aliphatic heterocycles. The molecule has 0 unspecified atom stereocenters. The molecular formula is C59H43N. The number of fused-ring (bicyclic) bond motifs is 3. The van der Waals surface area contributed by atoms with Gasteiger partial charge in [-0.3, -0.25) is 0 Å². The molecule has 1 heteroatoms. The average molecular weight is 766 g/mol. The van der Waals surface area contributed by atoms with Crippen molar-refractivity contribution in [3.8, 4) is 44.5 Å². The molecule has 4 aliphatic rings. The Morgan fingerprint density at radius 2 is 0.750 bits per heavy atom. The van der Waals surface area contributed by atoms with Crippen LogP contribution in [0.5, 0.6) is 0 Å². The second-order valence-corrected chi connectivity index (χ2v) is 17.1. The van der Waals surface area contributed by atoms with Crippen LogP contribution in [0.4, 0.5) is 17.1 Å². The normalized spacial score (nSPS) is 16.0. The van der Waals surface area contributed by atoms with Crippen LogP contribution >= 0.6 is 0 Å². The van der Waals surface area contributed by atoms with Gasteiger partial charge in [-0.05, 0) is 102 Å². The van der Waals surface area contributed by atoms with E-state index in [1.807, 2.05) is 0 Å². The number of hydrogen-bond acceptors (Lipinski definition) is 1. The summed E-state index contributed by atoms with van der Waals surface area (Å²) < 4.78 is 0. The largest absolute Gasteiger partial charge is 0.309 e. The maximum Gasteiger partial charge on any atom is 0.0540 e. The fraction of sp³-hybridized carbons (Fsp3) is 0.0847. The minimum atomic E-state index is -0.0980. The molecule has 0 fully saturated rings. The molecule has 0 spiro atoms. The summed E-state index contributed by atoms with van der Waals surface area (Å²) in [5, 5.41) is 0. The van der Waals surface area contributed by atoms with E-state index < -0.39 is 0 Å². The van der Waals surface area contributed by atoms with E-state index in [-0.39, 0.29) is 17.3 Å². The van der Waals surface area contributed by atoms with Gasteiger partial charge >= 0.3 is 0 Å². The van der Waals surface area contributed by atoms with Crippen molar-refractivity contribution in [2.75, 3.05) is 4.90 Å². The Morgan fingerprint density at radius 1 is 0.317 bits per heavy atom. The van der Waals surface area contributed by atoms with Crippen molar-refractivity contribution in [1.82, 2.24) is 0 Å². The van der Waals surface area contributed by atoms with E-state index in [0.717, 1.165) is 11.4 Å². The number of benzene rings is 9. The lowest BCUT2D eigenvalue weighted by atomic mass is 9.59. The molecule has 0 N–H and O–H groups in total. The van der Waals surface area contributed by atoms with Gasteiger partial charge in [0.2, 0.25) is 0 Å². The maximum absolute atomic E-state index is 2.58. The average Bonchev–Trinajstić information content (AvgIpc) is 3.55. The summed E-state index contributed by atoms with van der Waals surface area (Å²) in [4.78, 5) is 2.58. The van der Waals surface area contributed by atoms with Gasteiger partial charge in [-0.25, -0.2) is 0 Å². The molecule has 0 aromatic heterocycles. The molecule has 1 nitrogen and oxygen atoms in total. The van der Waals surface area contributed by atoms with Gasteiger partial charge in [-0.1, -0.05) is 202 Å². The molecule has 4 aliphatic carbocycles. The molecule has 0 saturated carbocycles. The van der Waals surface area contributed by atoms with Crippen LogP contribution in [0.1, 0.15) is 70.2 Å². The SMILES string of the molecule is CC1(C)c2ccccc2-c2ccc(-c3ccc(N(c4ccccc4-c4ccccc4)c4ccccc4-c4ccccc4)c4c3C3c5ccccc5C4c4ccccc43)cc21. The van der Waals surface area contributed by atoms with E-state index >= 15 is 0 Å². The fourth-order valence-corrected chi connectivity index (χ4v) is 11.0. The topological polar surface area (TPSA) is 3.24 Å². The monoisotopic (exact) mass is 765 g/mol. The van der Waals surface area contributed by atoms with Crippen LogP contribution in [0, 0.1) is 0 Å². The number of anilines is 3. The van der Waals surface area contributed by atoms with Crippen molar-refractivity contribution in [2.45, 2.75) is 31.1 Å². The van der Waals surface area contributed by atoms with E-state index in [2.05, 4.69) is 231 Å². The Labute approximate surface area is 352 Å². The zero-order chi connectivity index (χ0) is 40.0. The van der Waals surface area contributed by atoms with Crippen LogP contribution < -0.4 is 4.90 Å². The third kappa shape index (κ3) is 5.05. The smallest absolute Gasteiger partial charge is 0.0540 e. The Bertz CT molecular complexity index is 3010. The highest BCUT2D eigenvalue weighted by molar-refractivity contribution is 5.97. The second kappa shape index (κ2) is 13.4. The van der Waals surface area contributed by atoms with Gasteiger partial charge in [-0.15, -0.1) is 0 Å². The first-order valence-electron chi connectivity index (χ1n) is 21.3. The van der Waals surface area contributed by atoms with Crippen LogP contribution in [-0.2, 0) is 5.41 Å². The third-order valence-electron chi connectivity index (χ3n) is 13.7. The van der Waals surface area contributed by atoms with Gasteiger partial charge < -0.3 is 4.90 Å². The summed E-state index contributed by atoms with van der Waals surface area (Å²) in [5.41, 5.74) is 24.8. The molecule has 0 atom stereocenters. The van der Waals surface area contributed by atoms with E-state index in [0.29, 0.717) is 0 Å². The van der Waals surface area contributed by atoms with Gasteiger partial charge in [-0.2, -0.15) is 0 Å². The summed E-state index contributed by atoms with van der Waals surface area (Å²) in [6.45, 7) is 4.78. The molecule has 0 amide bonds. The Balaban J connectivity index is 1.18. The van der Waals surface area contributed by atoms with Crippen molar-refractivity contribution in [1.29, 1.82) is 0 Å². The van der Waals surface area contributed by atoms with Crippen molar-refractivity contribution < 1.29 is 0 Å². The zero-order valence-electron chi connectivity index (χ0n) is 33.8. The molecule has 0 radical (unpaired) electrons. The van der Waals surface area contributed by atoms with Crippen molar-refractivity contribution in [2.24, 2.45) is 0 Å². The highest BCUT2D eigenvalue weighted by atomic mass is 15.2. The van der Waals surface area contributed by atoms with Crippen LogP contribution in [-0.4, -0.2) is 0 Å². The quantitative estimate of drug-likeness (QED) is 0.163. The molecule has 9 aromatic carbocycles. The summed E-state index contributed by atoms with van der Waals surface area (Å²) in [5.74, 6) is 0.138. The molecule has 9 aromatic rings. The van der Waals surface area contributed by atoms with Gasteiger partial charge in [0.05, 0.1) is 17.1 Å². The Hall–Kier alpha value is -7.22. The fourth-order valence-electron chi connectivity index (χ4n) is 11.0. The van der Waals surface area contributed by atoms with Crippen LogP contribution in [0.2, 0.25) is 0 Å². The molecule has 0 saturated heterocycles. The Kier molecular flexibility index (Phi) is 7.78. The minimum Gasteiger partial charge on any atom is -0.309 e. The predicted octanol–water partition coefficient (Wildman–Crippen LogP) is 15.5. The van der Waals surface area contributed by atoms with Crippen LogP contribution in [0.3, 0.4) is 0 Å². The van der Waals surface area contributed by atoms with Gasteiger partial charge in [0, 0.05) is 28.4 Å². The first-order chi connectivity index (χ1) is 29.6. The lowest BCUT2D eigenvalue weighted by Crippen LogP contribution is -2.30. The van der Waals surface area contributed by atoms with Gasteiger partial charge in [0.25, 0.3) is 0 Å². The Morgan fingerprint density at radius 3 is 1.32 bits per heavy atom.